The Morgan fingerprint density at radius 3 is 2.00 bits per heavy atom. The molecular weight excluding hydrogens is 595 g/mol. The Morgan fingerprint density at radius 1 is 0.429 bits per heavy atom. The molecule has 2 heteroatoms. The van der Waals surface area contributed by atoms with Crippen LogP contribution in [0.3, 0.4) is 0 Å². The highest BCUT2D eigenvalue weighted by Crippen LogP contribution is 2.51. The molecule has 0 amide bonds. The number of rotatable bonds is 4. The first kappa shape index (κ1) is 27.9. The molecule has 232 valence electrons. The number of anilines is 3. The number of fused-ring (bicyclic) bond motifs is 9. The Balaban J connectivity index is 1.14. The third-order valence-corrected chi connectivity index (χ3v) is 10.6. The summed E-state index contributed by atoms with van der Waals surface area (Å²) >= 11 is 0. The smallest absolute Gasteiger partial charge is 0.136 e. The monoisotopic (exact) mass is 627 g/mol. The van der Waals surface area contributed by atoms with Gasteiger partial charge < -0.3 is 9.32 Å². The number of hydrogen-bond donors (Lipinski definition) is 0. The van der Waals surface area contributed by atoms with Gasteiger partial charge in [0.25, 0.3) is 0 Å². The second-order valence-corrected chi connectivity index (χ2v) is 13.8. The van der Waals surface area contributed by atoms with Gasteiger partial charge in [-0.2, -0.15) is 0 Å². The molecule has 2 nitrogen and oxygen atoms in total. The SMILES string of the molecule is CC1(C)c2ccccc2-c2cc(N(c3ccc(-c4ccc5ccccc5c4)cc3)c3ccc4c(ccc5oc6ccccc6c54)c3)ccc21. The van der Waals surface area contributed by atoms with Crippen LogP contribution in [0.25, 0.3) is 65.7 Å². The fourth-order valence-corrected chi connectivity index (χ4v) is 8.15. The minimum Gasteiger partial charge on any atom is -0.456 e. The van der Waals surface area contributed by atoms with Crippen molar-refractivity contribution < 1.29 is 4.42 Å². The van der Waals surface area contributed by atoms with Gasteiger partial charge in [-0.1, -0.05) is 123 Å². The topological polar surface area (TPSA) is 16.4 Å². The second-order valence-electron chi connectivity index (χ2n) is 13.8. The third-order valence-electron chi connectivity index (χ3n) is 10.6. The highest BCUT2D eigenvalue weighted by molar-refractivity contribution is 6.19. The van der Waals surface area contributed by atoms with Gasteiger partial charge in [0, 0.05) is 33.2 Å². The minimum absolute atomic E-state index is 0.0432. The highest BCUT2D eigenvalue weighted by atomic mass is 16.3. The Labute approximate surface area is 285 Å². The van der Waals surface area contributed by atoms with Crippen molar-refractivity contribution in [2.24, 2.45) is 0 Å². The van der Waals surface area contributed by atoms with Gasteiger partial charge in [0.1, 0.15) is 11.2 Å². The number of nitrogens with zero attached hydrogens (tertiary/aromatic N) is 1. The standard InChI is InChI=1S/C47H33NO/c1-47(2)42-13-7-5-11-39(42)41-29-37(23-25-43(41)47)48(35-20-17-31(18-21-35)33-16-15-30-9-3-4-10-32(30)27-33)36-22-24-38-34(28-36)19-26-45-46(38)40-12-6-8-14-44(40)49-45/h3-29H,1-2H3. The fraction of sp³-hybridized carbons (Fsp3) is 0.0638. The van der Waals surface area contributed by atoms with Crippen LogP contribution in [-0.4, -0.2) is 0 Å². The van der Waals surface area contributed by atoms with Gasteiger partial charge in [-0.3, -0.25) is 0 Å². The Kier molecular flexibility index (Phi) is 5.95. The van der Waals surface area contributed by atoms with Gasteiger partial charge in [0.2, 0.25) is 0 Å². The summed E-state index contributed by atoms with van der Waals surface area (Å²) in [5, 5.41) is 7.21. The van der Waals surface area contributed by atoms with Crippen molar-refractivity contribution >= 4 is 60.5 Å². The molecule has 0 radical (unpaired) electrons. The summed E-state index contributed by atoms with van der Waals surface area (Å²) in [5.74, 6) is 0. The summed E-state index contributed by atoms with van der Waals surface area (Å²) in [6, 6.07) is 59.6. The van der Waals surface area contributed by atoms with E-state index >= 15 is 0 Å². The molecule has 49 heavy (non-hydrogen) atoms. The molecule has 0 saturated heterocycles. The first-order valence-electron chi connectivity index (χ1n) is 17.0. The summed E-state index contributed by atoms with van der Waals surface area (Å²) in [4.78, 5) is 2.40. The predicted octanol–water partition coefficient (Wildman–Crippen LogP) is 13.3. The minimum atomic E-state index is -0.0432. The van der Waals surface area contributed by atoms with E-state index in [0.29, 0.717) is 0 Å². The van der Waals surface area contributed by atoms with Crippen molar-refractivity contribution in [3.05, 3.63) is 175 Å². The summed E-state index contributed by atoms with van der Waals surface area (Å²) in [6.07, 6.45) is 0. The summed E-state index contributed by atoms with van der Waals surface area (Å²) in [7, 11) is 0. The van der Waals surface area contributed by atoms with E-state index in [1.54, 1.807) is 0 Å². The quantitative estimate of drug-likeness (QED) is 0.193. The molecule has 1 aliphatic rings. The van der Waals surface area contributed by atoms with E-state index in [9.17, 15) is 0 Å². The zero-order valence-corrected chi connectivity index (χ0v) is 27.4. The summed E-state index contributed by atoms with van der Waals surface area (Å²) < 4.78 is 6.23. The first-order valence-corrected chi connectivity index (χ1v) is 17.0. The van der Waals surface area contributed by atoms with E-state index in [2.05, 4.69) is 170 Å². The van der Waals surface area contributed by atoms with Gasteiger partial charge in [-0.15, -0.1) is 0 Å². The first-order chi connectivity index (χ1) is 24.0. The number of benzene rings is 8. The van der Waals surface area contributed by atoms with Crippen LogP contribution in [0.15, 0.2) is 168 Å². The van der Waals surface area contributed by atoms with Gasteiger partial charge in [0.15, 0.2) is 0 Å². The van der Waals surface area contributed by atoms with Crippen LogP contribution in [0, 0.1) is 0 Å². The highest BCUT2D eigenvalue weighted by Gasteiger charge is 2.35. The van der Waals surface area contributed by atoms with E-state index < -0.39 is 0 Å². The molecule has 1 heterocycles. The van der Waals surface area contributed by atoms with E-state index in [-0.39, 0.29) is 5.41 Å². The van der Waals surface area contributed by atoms with Crippen molar-refractivity contribution in [1.82, 2.24) is 0 Å². The van der Waals surface area contributed by atoms with Crippen LogP contribution in [0.5, 0.6) is 0 Å². The largest absolute Gasteiger partial charge is 0.456 e. The maximum absolute atomic E-state index is 6.23. The molecule has 0 saturated carbocycles. The van der Waals surface area contributed by atoms with Crippen LogP contribution in [-0.2, 0) is 5.41 Å². The zero-order valence-electron chi connectivity index (χ0n) is 27.4. The van der Waals surface area contributed by atoms with Crippen molar-refractivity contribution in [1.29, 1.82) is 0 Å². The maximum Gasteiger partial charge on any atom is 0.136 e. The molecule has 9 aromatic rings. The van der Waals surface area contributed by atoms with Crippen LogP contribution in [0.1, 0.15) is 25.0 Å². The van der Waals surface area contributed by atoms with Crippen molar-refractivity contribution in [2.45, 2.75) is 19.3 Å². The molecule has 8 aromatic carbocycles. The summed E-state index contributed by atoms with van der Waals surface area (Å²) in [6.45, 7) is 4.68. The third kappa shape index (κ3) is 4.27. The van der Waals surface area contributed by atoms with Crippen LogP contribution < -0.4 is 4.90 Å². The molecule has 1 aliphatic carbocycles. The van der Waals surface area contributed by atoms with Crippen LogP contribution in [0.4, 0.5) is 17.1 Å². The Bertz CT molecular complexity index is 2750. The van der Waals surface area contributed by atoms with Crippen molar-refractivity contribution in [3.8, 4) is 22.3 Å². The molecule has 0 fully saturated rings. The molecule has 0 spiro atoms. The Hall–Kier alpha value is -6.12. The second kappa shape index (κ2) is 10.4. The number of para-hydroxylation sites is 1. The molecule has 0 atom stereocenters. The van der Waals surface area contributed by atoms with Crippen molar-refractivity contribution in [2.75, 3.05) is 4.90 Å². The lowest BCUT2D eigenvalue weighted by molar-refractivity contribution is 0.660. The van der Waals surface area contributed by atoms with E-state index in [4.69, 9.17) is 4.42 Å². The summed E-state index contributed by atoms with van der Waals surface area (Å²) in [5.41, 5.74) is 13.0. The van der Waals surface area contributed by atoms with E-state index in [0.717, 1.165) is 33.6 Å². The molecular formula is C47H33NO. The maximum atomic E-state index is 6.23. The van der Waals surface area contributed by atoms with Gasteiger partial charge >= 0.3 is 0 Å². The fourth-order valence-electron chi connectivity index (χ4n) is 8.15. The lowest BCUT2D eigenvalue weighted by Crippen LogP contribution is -2.15. The van der Waals surface area contributed by atoms with E-state index in [1.807, 2.05) is 12.1 Å². The molecule has 1 aromatic heterocycles. The lowest BCUT2D eigenvalue weighted by atomic mass is 9.82. The number of furan rings is 1. The molecule has 0 bridgehead atoms. The van der Waals surface area contributed by atoms with Gasteiger partial charge in [-0.05, 0) is 110 Å². The Morgan fingerprint density at radius 2 is 1.10 bits per heavy atom. The van der Waals surface area contributed by atoms with Crippen molar-refractivity contribution in [3.63, 3.8) is 0 Å². The lowest BCUT2D eigenvalue weighted by Gasteiger charge is -2.27. The molecule has 0 aliphatic heterocycles. The van der Waals surface area contributed by atoms with Gasteiger partial charge in [-0.25, -0.2) is 0 Å². The average molecular weight is 628 g/mol. The van der Waals surface area contributed by atoms with Crippen LogP contribution in [0.2, 0.25) is 0 Å². The van der Waals surface area contributed by atoms with Gasteiger partial charge in [0.05, 0.1) is 0 Å². The predicted molar refractivity (Wildman–Crippen MR) is 206 cm³/mol. The molecule has 10 rings (SSSR count). The molecule has 0 unspecified atom stereocenters. The number of hydrogen-bond acceptors (Lipinski definition) is 2. The van der Waals surface area contributed by atoms with E-state index in [1.165, 1.54) is 60.3 Å². The zero-order chi connectivity index (χ0) is 32.7. The molecule has 0 N–H and O–H groups in total. The van der Waals surface area contributed by atoms with Crippen LogP contribution >= 0.6 is 0 Å². The normalized spacial score (nSPS) is 13.3. The average Bonchev–Trinajstić information content (AvgIpc) is 3.64.